The van der Waals surface area contributed by atoms with Crippen molar-refractivity contribution in [2.24, 2.45) is 13.0 Å². The van der Waals surface area contributed by atoms with Gasteiger partial charge >= 0.3 is 0 Å². The number of aryl methyl sites for hydroxylation is 1. The molecule has 8 heteroatoms. The summed E-state index contributed by atoms with van der Waals surface area (Å²) < 4.78 is 12.5. The smallest absolute Gasteiger partial charge is 0.272 e. The largest absolute Gasteiger partial charge is 0.454 e. The summed E-state index contributed by atoms with van der Waals surface area (Å²) in [5, 5.41) is 4.11. The monoisotopic (exact) mass is 355 g/mol. The second-order valence-corrected chi connectivity index (χ2v) is 7.03. The van der Waals surface area contributed by atoms with Crippen LogP contribution in [-0.2, 0) is 7.05 Å². The Morgan fingerprint density at radius 2 is 2.12 bits per heavy atom. The number of likely N-dealkylation sites (tertiary alicyclic amines) is 1. The van der Waals surface area contributed by atoms with Crippen LogP contribution >= 0.6 is 0 Å². The van der Waals surface area contributed by atoms with Crippen molar-refractivity contribution < 1.29 is 14.3 Å². The lowest BCUT2D eigenvalue weighted by atomic mass is 9.85. The van der Waals surface area contributed by atoms with E-state index >= 15 is 0 Å². The molecule has 1 aromatic carbocycles. The molecule has 0 aliphatic carbocycles. The number of benzene rings is 1. The highest BCUT2D eigenvalue weighted by atomic mass is 16.7. The molecule has 0 radical (unpaired) electrons. The first kappa shape index (κ1) is 15.7. The molecule has 8 nitrogen and oxygen atoms in total. The fourth-order valence-electron chi connectivity index (χ4n) is 4.17. The Kier molecular flexibility index (Phi) is 3.61. The van der Waals surface area contributed by atoms with E-state index in [1.54, 1.807) is 24.0 Å². The molecule has 1 aromatic heterocycles. The summed E-state index contributed by atoms with van der Waals surface area (Å²) in [6.45, 7) is 1.72. The minimum absolute atomic E-state index is 0.0415. The number of carbonyl (C=O) groups is 1. The summed E-state index contributed by atoms with van der Waals surface area (Å²) in [5.74, 6) is 1.90. The predicted molar refractivity (Wildman–Crippen MR) is 92.6 cm³/mol. The molecule has 136 valence electrons. The Morgan fingerprint density at radius 1 is 1.23 bits per heavy atom. The molecule has 2 N–H and O–H groups in total. The molecule has 3 atom stereocenters. The molecule has 2 saturated heterocycles. The maximum absolute atomic E-state index is 12.9. The molecular formula is C18H21N5O3. The van der Waals surface area contributed by atoms with Crippen molar-refractivity contribution in [3.05, 3.63) is 41.7 Å². The van der Waals surface area contributed by atoms with Gasteiger partial charge in [0.1, 0.15) is 5.69 Å². The minimum atomic E-state index is 0.0415. The molecule has 0 saturated carbocycles. The van der Waals surface area contributed by atoms with Crippen LogP contribution in [0.1, 0.15) is 28.5 Å². The van der Waals surface area contributed by atoms with Crippen LogP contribution in [0.3, 0.4) is 0 Å². The molecule has 3 aliphatic heterocycles. The molecule has 2 fully saturated rings. The number of amides is 1. The Morgan fingerprint density at radius 3 is 2.96 bits per heavy atom. The summed E-state index contributed by atoms with van der Waals surface area (Å²) in [6.07, 6.45) is 2.58. The van der Waals surface area contributed by atoms with Crippen molar-refractivity contribution in [2.45, 2.75) is 18.5 Å². The highest BCUT2D eigenvalue weighted by Gasteiger charge is 2.42. The average Bonchev–Trinajstić information content (AvgIpc) is 3.38. The number of piperidine rings is 1. The summed E-state index contributed by atoms with van der Waals surface area (Å²) in [5.41, 5.74) is 8.58. The number of nitrogens with zero attached hydrogens (tertiary/aromatic N) is 3. The summed E-state index contributed by atoms with van der Waals surface area (Å²) >= 11 is 0. The number of carbonyl (C=O) groups excluding carboxylic acids is 1. The van der Waals surface area contributed by atoms with Crippen molar-refractivity contribution in [1.82, 2.24) is 25.5 Å². The maximum Gasteiger partial charge on any atom is 0.272 e. The van der Waals surface area contributed by atoms with Crippen LogP contribution in [0.4, 0.5) is 0 Å². The van der Waals surface area contributed by atoms with Crippen LogP contribution in [0.15, 0.2) is 30.5 Å². The Balaban J connectivity index is 1.38. The number of hydrazine groups is 1. The van der Waals surface area contributed by atoms with Crippen LogP contribution in [0.2, 0.25) is 0 Å². The van der Waals surface area contributed by atoms with Crippen molar-refractivity contribution in [3.63, 3.8) is 0 Å². The number of fused-ring (bicyclic) bond motifs is 2. The third-order valence-corrected chi connectivity index (χ3v) is 5.59. The van der Waals surface area contributed by atoms with Gasteiger partial charge in [-0.3, -0.25) is 14.9 Å². The van der Waals surface area contributed by atoms with Crippen LogP contribution in [0.25, 0.3) is 0 Å². The molecule has 1 amide bonds. The van der Waals surface area contributed by atoms with Crippen LogP contribution in [-0.4, -0.2) is 46.5 Å². The van der Waals surface area contributed by atoms with Gasteiger partial charge in [-0.05, 0) is 30.2 Å². The van der Waals surface area contributed by atoms with Crippen molar-refractivity contribution in [1.29, 1.82) is 0 Å². The van der Waals surface area contributed by atoms with Gasteiger partial charge < -0.3 is 14.4 Å². The third-order valence-electron chi connectivity index (χ3n) is 5.59. The fraction of sp³-hybridized carbons (Fsp3) is 0.444. The molecular weight excluding hydrogens is 334 g/mol. The molecule has 5 rings (SSSR count). The number of aromatic nitrogens is 2. The first-order valence-electron chi connectivity index (χ1n) is 8.88. The second-order valence-electron chi connectivity index (χ2n) is 7.03. The normalized spacial score (nSPS) is 26.8. The third kappa shape index (κ3) is 2.45. The van der Waals surface area contributed by atoms with E-state index in [2.05, 4.69) is 22.0 Å². The maximum atomic E-state index is 12.9. The lowest BCUT2D eigenvalue weighted by Gasteiger charge is -2.36. The van der Waals surface area contributed by atoms with Gasteiger partial charge in [-0.15, -0.1) is 0 Å². The molecule has 0 bridgehead atoms. The zero-order chi connectivity index (χ0) is 17.7. The van der Waals surface area contributed by atoms with Crippen LogP contribution < -0.4 is 20.3 Å². The van der Waals surface area contributed by atoms with E-state index in [9.17, 15) is 4.79 Å². The van der Waals surface area contributed by atoms with E-state index < -0.39 is 0 Å². The topological polar surface area (TPSA) is 80.7 Å². The second kappa shape index (κ2) is 6.00. The van der Waals surface area contributed by atoms with E-state index in [1.807, 2.05) is 17.0 Å². The van der Waals surface area contributed by atoms with E-state index in [-0.39, 0.29) is 18.7 Å². The lowest BCUT2D eigenvalue weighted by Crippen LogP contribution is -2.48. The van der Waals surface area contributed by atoms with Gasteiger partial charge in [0.05, 0.1) is 6.04 Å². The average molecular weight is 355 g/mol. The number of rotatable bonds is 2. The fourth-order valence-corrected chi connectivity index (χ4v) is 4.17. The Labute approximate surface area is 151 Å². The molecule has 3 unspecified atom stereocenters. The quantitative estimate of drug-likeness (QED) is 0.831. The van der Waals surface area contributed by atoms with Gasteiger partial charge in [0.2, 0.25) is 6.79 Å². The van der Waals surface area contributed by atoms with E-state index in [1.165, 1.54) is 0 Å². The zero-order valence-corrected chi connectivity index (χ0v) is 14.5. The summed E-state index contributed by atoms with van der Waals surface area (Å²) in [6, 6.07) is 8.30. The molecule has 4 heterocycles. The molecule has 2 aromatic rings. The predicted octanol–water partition coefficient (Wildman–Crippen LogP) is 0.829. The van der Waals surface area contributed by atoms with Gasteiger partial charge in [0.25, 0.3) is 5.91 Å². The molecule has 0 spiro atoms. The first-order chi connectivity index (χ1) is 12.7. The molecule has 26 heavy (non-hydrogen) atoms. The highest BCUT2D eigenvalue weighted by Crippen LogP contribution is 2.39. The van der Waals surface area contributed by atoms with E-state index in [0.29, 0.717) is 24.2 Å². The standard InChI is InChI=1S/C18H21N5O3/c1-22-14(4-6-19-22)18(24)23-7-5-13-12(9-23)17(21-20-13)11-2-3-15-16(8-11)26-10-25-15/h2-4,6,8,12-13,17,20-21H,5,7,9-10H2,1H3. The number of ether oxygens (including phenoxy) is 2. The number of hydrogen-bond acceptors (Lipinski definition) is 6. The van der Waals surface area contributed by atoms with Crippen LogP contribution in [0.5, 0.6) is 11.5 Å². The van der Waals surface area contributed by atoms with E-state index in [0.717, 1.165) is 30.0 Å². The first-order valence-corrected chi connectivity index (χ1v) is 8.88. The lowest BCUT2D eigenvalue weighted by molar-refractivity contribution is 0.0641. The van der Waals surface area contributed by atoms with Crippen LogP contribution in [0, 0.1) is 5.92 Å². The number of nitrogens with one attached hydrogen (secondary N) is 2. The number of hydrogen-bond donors (Lipinski definition) is 2. The highest BCUT2D eigenvalue weighted by molar-refractivity contribution is 5.92. The Bertz CT molecular complexity index is 851. The minimum Gasteiger partial charge on any atom is -0.454 e. The van der Waals surface area contributed by atoms with Crippen molar-refractivity contribution in [3.8, 4) is 11.5 Å². The van der Waals surface area contributed by atoms with Gasteiger partial charge in [-0.1, -0.05) is 6.07 Å². The van der Waals surface area contributed by atoms with Gasteiger partial charge in [-0.25, -0.2) is 5.43 Å². The van der Waals surface area contributed by atoms with Crippen molar-refractivity contribution >= 4 is 5.91 Å². The summed E-state index contributed by atoms with van der Waals surface area (Å²) in [4.78, 5) is 14.8. The summed E-state index contributed by atoms with van der Waals surface area (Å²) in [7, 11) is 1.80. The SMILES string of the molecule is Cn1nccc1C(=O)N1CCC2NNC(c3ccc4c(c3)OCO4)C2C1. The van der Waals surface area contributed by atoms with E-state index in [4.69, 9.17) is 9.47 Å². The zero-order valence-electron chi connectivity index (χ0n) is 14.5. The molecule has 3 aliphatic rings. The Hall–Kier alpha value is -2.58. The van der Waals surface area contributed by atoms with Gasteiger partial charge in [-0.2, -0.15) is 5.10 Å². The van der Waals surface area contributed by atoms with Gasteiger partial charge in [0.15, 0.2) is 11.5 Å². The van der Waals surface area contributed by atoms with Crippen molar-refractivity contribution in [2.75, 3.05) is 19.9 Å². The van der Waals surface area contributed by atoms with Gasteiger partial charge in [0, 0.05) is 38.3 Å².